The van der Waals surface area contributed by atoms with Crippen molar-refractivity contribution < 1.29 is 22.5 Å². The Morgan fingerprint density at radius 1 is 1.03 bits per heavy atom. The Labute approximate surface area is 191 Å². The normalized spacial score (nSPS) is 14.1. The van der Waals surface area contributed by atoms with E-state index in [1.807, 2.05) is 18.2 Å². The lowest BCUT2D eigenvalue weighted by Gasteiger charge is -2.32. The van der Waals surface area contributed by atoms with E-state index in [0.29, 0.717) is 36.8 Å². The Balaban J connectivity index is 1.65. The topological polar surface area (TPSA) is 54.5 Å². The lowest BCUT2D eigenvalue weighted by molar-refractivity contribution is -0.137. The number of fused-ring (bicyclic) bond motifs is 1. The first-order chi connectivity index (χ1) is 15.5. The second-order valence-corrected chi connectivity index (χ2v) is 11.6. The van der Waals surface area contributed by atoms with Gasteiger partial charge < -0.3 is 19.5 Å². The molecule has 33 heavy (non-hydrogen) atoms. The molecule has 5 nitrogen and oxygen atoms in total. The average molecular weight is 475 g/mol. The van der Waals surface area contributed by atoms with Crippen LogP contribution in [-0.2, 0) is 23.7 Å². The van der Waals surface area contributed by atoms with Crippen LogP contribution in [0.25, 0.3) is 0 Å². The summed E-state index contributed by atoms with van der Waals surface area (Å²) in [5.41, 5.74) is 1.90. The zero-order valence-corrected chi connectivity index (χ0v) is 19.5. The molecule has 9 heteroatoms. The number of methoxy groups -OCH3 is 1. The van der Waals surface area contributed by atoms with Gasteiger partial charge in [0.25, 0.3) is 0 Å². The number of ether oxygens (including phenoxy) is 1. The number of rotatable bonds is 5. The summed E-state index contributed by atoms with van der Waals surface area (Å²) in [6.45, 7) is 4.11. The summed E-state index contributed by atoms with van der Waals surface area (Å²) in [5.74, 6) is 0.866. The molecule has 0 aliphatic carbocycles. The van der Waals surface area contributed by atoms with Crippen molar-refractivity contribution in [1.29, 1.82) is 0 Å². The fourth-order valence-corrected chi connectivity index (χ4v) is 4.74. The third-order valence-electron chi connectivity index (χ3n) is 5.67. The van der Waals surface area contributed by atoms with Crippen molar-refractivity contribution in [2.75, 3.05) is 37.2 Å². The molecule has 0 fully saturated rings. The number of aromatic nitrogens is 1. The number of alkyl halides is 3. The maximum atomic E-state index is 13.8. The third-order valence-corrected chi connectivity index (χ3v) is 7.21. The van der Waals surface area contributed by atoms with Gasteiger partial charge in [0.1, 0.15) is 24.5 Å². The Bertz CT molecular complexity index is 1210. The lowest BCUT2D eigenvalue weighted by Crippen LogP contribution is -2.33. The van der Waals surface area contributed by atoms with E-state index in [9.17, 15) is 17.7 Å². The molecule has 174 valence electrons. The van der Waals surface area contributed by atoms with E-state index in [1.165, 1.54) is 6.07 Å². The molecular weight excluding hydrogens is 450 g/mol. The fourth-order valence-electron chi connectivity index (χ4n) is 3.87. The standard InChI is InChI=1S/C24H25F3N3O2P/c1-32-19-7-4-16-12-13-30(15-17(16)14-19)23-21(24(25,26)27)10-11-22(29-23)28-18-5-8-20(9-6-18)33(2,3)31/h4-11,14H,12-13,15H2,1-3H3,(H,28,29). The highest BCUT2D eigenvalue weighted by molar-refractivity contribution is 7.70. The van der Waals surface area contributed by atoms with Gasteiger partial charge in [-0.1, -0.05) is 6.07 Å². The Kier molecular flexibility index (Phi) is 6.14. The quantitative estimate of drug-likeness (QED) is 0.483. The molecule has 0 unspecified atom stereocenters. The molecule has 0 saturated heterocycles. The Hall–Kier alpha value is -2.99. The van der Waals surface area contributed by atoms with Crippen molar-refractivity contribution in [3.05, 3.63) is 71.3 Å². The number of hydrogen-bond acceptors (Lipinski definition) is 5. The van der Waals surface area contributed by atoms with Gasteiger partial charge in [0.15, 0.2) is 0 Å². The molecule has 1 aromatic heterocycles. The highest BCUT2D eigenvalue weighted by Crippen LogP contribution is 2.39. The molecule has 0 bridgehead atoms. The summed E-state index contributed by atoms with van der Waals surface area (Å²) < 4.78 is 58.9. The van der Waals surface area contributed by atoms with Crippen molar-refractivity contribution in [3.8, 4) is 5.75 Å². The summed E-state index contributed by atoms with van der Waals surface area (Å²) in [7, 11) is -0.826. The molecule has 4 rings (SSSR count). The van der Waals surface area contributed by atoms with Crippen molar-refractivity contribution >= 4 is 29.8 Å². The smallest absolute Gasteiger partial charge is 0.419 e. The lowest BCUT2D eigenvalue weighted by atomic mass is 9.99. The predicted molar refractivity (Wildman–Crippen MR) is 126 cm³/mol. The molecule has 2 heterocycles. The molecule has 0 atom stereocenters. The second-order valence-electron chi connectivity index (χ2n) is 8.39. The second kappa shape index (κ2) is 8.75. The molecule has 1 N–H and O–H groups in total. The van der Waals surface area contributed by atoms with Crippen molar-refractivity contribution in [3.63, 3.8) is 0 Å². The summed E-state index contributed by atoms with van der Waals surface area (Å²) >= 11 is 0. The van der Waals surface area contributed by atoms with Crippen LogP contribution in [0.2, 0.25) is 0 Å². The van der Waals surface area contributed by atoms with Crippen molar-refractivity contribution in [2.45, 2.75) is 19.1 Å². The predicted octanol–water partition coefficient (Wildman–Crippen LogP) is 5.66. The zero-order chi connectivity index (χ0) is 23.8. The highest BCUT2D eigenvalue weighted by atomic mass is 31.2. The van der Waals surface area contributed by atoms with Crippen LogP contribution in [0.3, 0.4) is 0 Å². The van der Waals surface area contributed by atoms with Gasteiger partial charge in [-0.15, -0.1) is 0 Å². The summed E-state index contributed by atoms with van der Waals surface area (Å²) in [6.07, 6.45) is -3.91. The van der Waals surface area contributed by atoms with Crippen molar-refractivity contribution in [1.82, 2.24) is 4.98 Å². The highest BCUT2D eigenvalue weighted by Gasteiger charge is 2.36. The molecule has 0 amide bonds. The molecular formula is C24H25F3N3O2P. The number of hydrogen-bond donors (Lipinski definition) is 1. The molecule has 0 radical (unpaired) electrons. The summed E-state index contributed by atoms with van der Waals surface area (Å²) in [5, 5.41) is 3.80. The average Bonchev–Trinajstić information content (AvgIpc) is 2.77. The van der Waals surface area contributed by atoms with E-state index in [2.05, 4.69) is 10.3 Å². The number of anilines is 3. The van der Waals surface area contributed by atoms with Crippen LogP contribution < -0.4 is 20.3 Å². The van der Waals surface area contributed by atoms with Crippen LogP contribution in [0.5, 0.6) is 5.75 Å². The molecule has 0 saturated carbocycles. The van der Waals surface area contributed by atoms with Crippen LogP contribution in [0, 0.1) is 0 Å². The first kappa shape index (κ1) is 23.2. The summed E-state index contributed by atoms with van der Waals surface area (Å²) in [4.78, 5) is 6.01. The fraction of sp³-hybridized carbons (Fsp3) is 0.292. The van der Waals surface area contributed by atoms with Gasteiger partial charge >= 0.3 is 6.18 Å². The Morgan fingerprint density at radius 2 is 1.76 bits per heavy atom. The van der Waals surface area contributed by atoms with Crippen molar-refractivity contribution in [2.24, 2.45) is 0 Å². The summed E-state index contributed by atoms with van der Waals surface area (Å²) in [6, 6.07) is 15.1. The molecule has 0 spiro atoms. The van der Waals surface area contributed by atoms with E-state index < -0.39 is 18.9 Å². The molecule has 1 aliphatic heterocycles. The third kappa shape index (κ3) is 5.17. The van der Waals surface area contributed by atoms with Crippen LogP contribution in [-0.4, -0.2) is 32.0 Å². The van der Waals surface area contributed by atoms with Crippen LogP contribution >= 0.6 is 7.14 Å². The minimum absolute atomic E-state index is 0.107. The van der Waals surface area contributed by atoms with Gasteiger partial charge in [0.05, 0.1) is 12.7 Å². The van der Waals surface area contributed by atoms with Gasteiger partial charge in [0, 0.05) is 24.1 Å². The number of pyridine rings is 1. The minimum atomic E-state index is -4.53. The maximum absolute atomic E-state index is 13.8. The first-order valence-corrected chi connectivity index (χ1v) is 13.1. The van der Waals surface area contributed by atoms with Crippen LogP contribution in [0.4, 0.5) is 30.5 Å². The first-order valence-electron chi connectivity index (χ1n) is 10.5. The van der Waals surface area contributed by atoms with Crippen LogP contribution in [0.1, 0.15) is 16.7 Å². The number of nitrogens with zero attached hydrogens (tertiary/aromatic N) is 2. The molecule has 3 aromatic rings. The van der Waals surface area contributed by atoms with Gasteiger partial charge in [0.2, 0.25) is 0 Å². The minimum Gasteiger partial charge on any atom is -0.497 e. The molecule has 1 aliphatic rings. The van der Waals surface area contributed by atoms with E-state index >= 15 is 0 Å². The van der Waals surface area contributed by atoms with Gasteiger partial charge in [-0.3, -0.25) is 0 Å². The zero-order valence-electron chi connectivity index (χ0n) is 18.6. The van der Waals surface area contributed by atoms with Gasteiger partial charge in [-0.2, -0.15) is 13.2 Å². The molecule has 2 aromatic carbocycles. The monoisotopic (exact) mass is 475 g/mol. The van der Waals surface area contributed by atoms with E-state index in [1.54, 1.807) is 49.6 Å². The van der Waals surface area contributed by atoms with E-state index in [-0.39, 0.29) is 5.82 Å². The van der Waals surface area contributed by atoms with Gasteiger partial charge in [-0.25, -0.2) is 4.98 Å². The van der Waals surface area contributed by atoms with E-state index in [0.717, 1.165) is 22.5 Å². The number of benzene rings is 2. The maximum Gasteiger partial charge on any atom is 0.419 e. The SMILES string of the molecule is COc1ccc2c(c1)CN(c1nc(Nc3ccc(P(C)(C)=O)cc3)ccc1C(F)(F)F)CC2. The van der Waals surface area contributed by atoms with Crippen LogP contribution in [0.15, 0.2) is 54.6 Å². The Morgan fingerprint density at radius 3 is 2.39 bits per heavy atom. The number of nitrogens with one attached hydrogen (secondary N) is 1. The van der Waals surface area contributed by atoms with Gasteiger partial charge in [-0.05, 0) is 79.4 Å². The largest absolute Gasteiger partial charge is 0.497 e. The number of halogens is 3. The van der Waals surface area contributed by atoms with E-state index in [4.69, 9.17) is 4.74 Å².